The highest BCUT2D eigenvalue weighted by molar-refractivity contribution is 6.07. The lowest BCUT2D eigenvalue weighted by Gasteiger charge is -2.16. The van der Waals surface area contributed by atoms with Gasteiger partial charge in [0.25, 0.3) is 0 Å². The molecule has 7 heteroatoms. The summed E-state index contributed by atoms with van der Waals surface area (Å²) >= 11 is 0. The number of urea groups is 1. The monoisotopic (exact) mass is 392 g/mol. The fraction of sp³-hybridized carbons (Fsp3) is 0.0909. The van der Waals surface area contributed by atoms with Gasteiger partial charge in [0, 0.05) is 17.3 Å². The summed E-state index contributed by atoms with van der Waals surface area (Å²) in [6.07, 6.45) is 0. The Bertz CT molecular complexity index is 1050. The van der Waals surface area contributed by atoms with Crippen molar-refractivity contribution in [3.63, 3.8) is 0 Å². The van der Waals surface area contributed by atoms with Crippen LogP contribution in [0.5, 0.6) is 0 Å². The molecule has 0 saturated carbocycles. The number of carbonyl (C=O) groups excluding carboxylic acids is 1. The Morgan fingerprint density at radius 2 is 1.52 bits per heavy atom. The molecular weight excluding hydrogens is 374 g/mol. The van der Waals surface area contributed by atoms with E-state index < -0.39 is 6.03 Å². The molecule has 5 nitrogen and oxygen atoms in total. The molecule has 4 rings (SSSR count). The summed E-state index contributed by atoms with van der Waals surface area (Å²) in [7, 11) is 0. The Morgan fingerprint density at radius 1 is 0.931 bits per heavy atom. The van der Waals surface area contributed by atoms with Crippen LogP contribution in [-0.4, -0.2) is 23.3 Å². The van der Waals surface area contributed by atoms with Gasteiger partial charge in [-0.25, -0.2) is 18.6 Å². The third-order valence-electron chi connectivity index (χ3n) is 4.72. The summed E-state index contributed by atoms with van der Waals surface area (Å²) in [6, 6.07) is 18.4. The minimum Gasteiger partial charge on any atom is -0.399 e. The van der Waals surface area contributed by atoms with E-state index in [1.165, 1.54) is 29.3 Å². The third-order valence-corrected chi connectivity index (χ3v) is 4.72. The van der Waals surface area contributed by atoms with Crippen LogP contribution >= 0.6 is 0 Å². The number of benzene rings is 3. The molecule has 2 amide bonds. The van der Waals surface area contributed by atoms with Gasteiger partial charge in [0.15, 0.2) is 0 Å². The molecular formula is C22H18F2N4O. The van der Waals surface area contributed by atoms with E-state index in [0.29, 0.717) is 22.6 Å². The SMILES string of the molecule is Nc1ccc(NC(=O)N2CC(c3ccc(F)cc3)C(c3ccc(F)cc3)=N2)cc1. The molecule has 0 aromatic heterocycles. The maximum atomic E-state index is 13.4. The van der Waals surface area contributed by atoms with Crippen molar-refractivity contribution in [2.75, 3.05) is 17.6 Å². The number of hydrogen-bond donors (Lipinski definition) is 2. The van der Waals surface area contributed by atoms with Crippen LogP contribution in [0.3, 0.4) is 0 Å². The number of halogens is 2. The van der Waals surface area contributed by atoms with Gasteiger partial charge in [-0.3, -0.25) is 0 Å². The molecule has 0 radical (unpaired) electrons. The first-order chi connectivity index (χ1) is 14.0. The topological polar surface area (TPSA) is 70.7 Å². The fourth-order valence-electron chi connectivity index (χ4n) is 3.22. The number of hydrogen-bond acceptors (Lipinski definition) is 3. The Labute approximate surface area is 166 Å². The second-order valence-corrected chi connectivity index (χ2v) is 6.73. The quantitative estimate of drug-likeness (QED) is 0.641. The molecule has 0 bridgehead atoms. The number of nitrogens with zero attached hydrogens (tertiary/aromatic N) is 2. The van der Waals surface area contributed by atoms with Crippen LogP contribution in [-0.2, 0) is 0 Å². The number of nitrogen functional groups attached to an aromatic ring is 1. The van der Waals surface area contributed by atoms with Gasteiger partial charge in [0.2, 0.25) is 0 Å². The predicted molar refractivity (Wildman–Crippen MR) is 109 cm³/mol. The summed E-state index contributed by atoms with van der Waals surface area (Å²) in [5.41, 5.74) is 8.98. The van der Waals surface area contributed by atoms with Crippen LogP contribution in [0.2, 0.25) is 0 Å². The van der Waals surface area contributed by atoms with Gasteiger partial charge in [0.1, 0.15) is 11.6 Å². The van der Waals surface area contributed by atoms with Crippen molar-refractivity contribution in [2.24, 2.45) is 5.10 Å². The number of anilines is 2. The van der Waals surface area contributed by atoms with E-state index in [2.05, 4.69) is 10.4 Å². The highest BCUT2D eigenvalue weighted by Gasteiger charge is 2.32. The molecule has 0 saturated heterocycles. The second kappa shape index (κ2) is 7.71. The van der Waals surface area contributed by atoms with Crippen LogP contribution in [0.4, 0.5) is 25.0 Å². The summed E-state index contributed by atoms with van der Waals surface area (Å²) in [6.45, 7) is 0.277. The summed E-state index contributed by atoms with van der Waals surface area (Å²) < 4.78 is 26.7. The molecule has 1 aliphatic heterocycles. The Morgan fingerprint density at radius 3 is 2.14 bits per heavy atom. The van der Waals surface area contributed by atoms with Gasteiger partial charge in [-0.15, -0.1) is 0 Å². The van der Waals surface area contributed by atoms with Crippen LogP contribution < -0.4 is 11.1 Å². The van der Waals surface area contributed by atoms with Gasteiger partial charge in [-0.1, -0.05) is 24.3 Å². The lowest BCUT2D eigenvalue weighted by atomic mass is 9.90. The Kier molecular flexibility index (Phi) is 4.95. The molecule has 0 aliphatic carbocycles. The van der Waals surface area contributed by atoms with Crippen molar-refractivity contribution in [3.05, 3.63) is 95.6 Å². The van der Waals surface area contributed by atoms with Gasteiger partial charge in [-0.05, 0) is 59.7 Å². The molecule has 1 atom stereocenters. The van der Waals surface area contributed by atoms with Crippen molar-refractivity contribution < 1.29 is 13.6 Å². The maximum Gasteiger partial charge on any atom is 0.342 e. The minimum absolute atomic E-state index is 0.266. The smallest absolute Gasteiger partial charge is 0.342 e. The van der Waals surface area contributed by atoms with Crippen molar-refractivity contribution in [1.29, 1.82) is 0 Å². The first kappa shape index (κ1) is 18.6. The number of amides is 2. The maximum absolute atomic E-state index is 13.4. The lowest BCUT2D eigenvalue weighted by molar-refractivity contribution is 0.218. The number of nitrogens with two attached hydrogens (primary N) is 1. The van der Waals surface area contributed by atoms with E-state index in [4.69, 9.17) is 5.73 Å². The molecule has 3 aromatic carbocycles. The van der Waals surface area contributed by atoms with Crippen molar-refractivity contribution in [2.45, 2.75) is 5.92 Å². The molecule has 146 valence electrons. The first-order valence-corrected chi connectivity index (χ1v) is 9.03. The molecule has 1 heterocycles. The van der Waals surface area contributed by atoms with Crippen LogP contribution in [0.15, 0.2) is 77.9 Å². The highest BCUT2D eigenvalue weighted by atomic mass is 19.1. The summed E-state index contributed by atoms with van der Waals surface area (Å²) in [4.78, 5) is 12.7. The molecule has 1 unspecified atom stereocenters. The van der Waals surface area contributed by atoms with Crippen LogP contribution in [0.1, 0.15) is 17.0 Å². The van der Waals surface area contributed by atoms with E-state index in [-0.39, 0.29) is 24.1 Å². The molecule has 1 aliphatic rings. The summed E-state index contributed by atoms with van der Waals surface area (Å²) in [5.74, 6) is -0.966. The van der Waals surface area contributed by atoms with Gasteiger partial charge in [0.05, 0.1) is 12.3 Å². The van der Waals surface area contributed by atoms with Crippen molar-refractivity contribution >= 4 is 23.1 Å². The van der Waals surface area contributed by atoms with Crippen molar-refractivity contribution in [1.82, 2.24) is 5.01 Å². The zero-order chi connectivity index (χ0) is 20.4. The predicted octanol–water partition coefficient (Wildman–Crippen LogP) is 4.58. The number of hydrazone groups is 1. The van der Waals surface area contributed by atoms with Gasteiger partial charge >= 0.3 is 6.03 Å². The molecule has 0 spiro atoms. The third kappa shape index (κ3) is 4.08. The van der Waals surface area contributed by atoms with E-state index in [0.717, 1.165) is 5.56 Å². The number of nitrogens with one attached hydrogen (secondary N) is 1. The van der Waals surface area contributed by atoms with Crippen LogP contribution in [0.25, 0.3) is 0 Å². The van der Waals surface area contributed by atoms with Crippen molar-refractivity contribution in [3.8, 4) is 0 Å². The molecule has 29 heavy (non-hydrogen) atoms. The molecule has 0 fully saturated rings. The summed E-state index contributed by atoms with van der Waals surface area (Å²) in [5, 5.41) is 8.58. The van der Waals surface area contributed by atoms with E-state index in [1.807, 2.05) is 0 Å². The minimum atomic E-state index is -0.404. The molecule has 3 aromatic rings. The Hall–Kier alpha value is -3.74. The first-order valence-electron chi connectivity index (χ1n) is 9.03. The number of rotatable bonds is 3. The fourth-order valence-corrected chi connectivity index (χ4v) is 3.22. The average Bonchev–Trinajstić information content (AvgIpc) is 3.16. The van der Waals surface area contributed by atoms with E-state index in [1.54, 1.807) is 48.5 Å². The van der Waals surface area contributed by atoms with E-state index in [9.17, 15) is 13.6 Å². The van der Waals surface area contributed by atoms with Gasteiger partial charge in [-0.2, -0.15) is 5.10 Å². The van der Waals surface area contributed by atoms with E-state index >= 15 is 0 Å². The largest absolute Gasteiger partial charge is 0.399 e. The van der Waals surface area contributed by atoms with Crippen LogP contribution in [0, 0.1) is 11.6 Å². The van der Waals surface area contributed by atoms with Gasteiger partial charge < -0.3 is 11.1 Å². The Balaban J connectivity index is 1.63. The normalized spacial score (nSPS) is 15.9. The highest BCUT2D eigenvalue weighted by Crippen LogP contribution is 2.29. The molecule has 3 N–H and O–H groups in total. The zero-order valence-corrected chi connectivity index (χ0v) is 15.3. The number of carbonyl (C=O) groups is 1. The average molecular weight is 392 g/mol. The zero-order valence-electron chi connectivity index (χ0n) is 15.3. The standard InChI is InChI=1S/C22H18F2N4O/c23-16-5-1-14(2-6-16)20-13-28(22(29)26-19-11-9-18(25)10-12-19)27-21(20)15-3-7-17(24)8-4-15/h1-12,20H,13,25H2,(H,26,29). The second-order valence-electron chi connectivity index (χ2n) is 6.73. The lowest BCUT2D eigenvalue weighted by Crippen LogP contribution is -2.30.